The number of morpholine rings is 2. The first-order valence-electron chi connectivity index (χ1n) is 9.23. The number of nitrogens with two attached hydrogens (primary N) is 1. The Bertz CT molecular complexity index is 928. The van der Waals surface area contributed by atoms with Gasteiger partial charge in [-0.25, -0.2) is 10.0 Å². The van der Waals surface area contributed by atoms with E-state index in [0.717, 1.165) is 49.4 Å². The molecular formula is C16H21Cl5N6O4S2. The summed E-state index contributed by atoms with van der Waals surface area (Å²) >= 11 is 29.4. The van der Waals surface area contributed by atoms with Gasteiger partial charge in [0.05, 0.1) is 26.4 Å². The molecule has 2 aliphatic rings. The summed E-state index contributed by atoms with van der Waals surface area (Å²) in [5.74, 6) is 5.11. The van der Waals surface area contributed by atoms with Gasteiger partial charge in [0.2, 0.25) is 0 Å². The predicted molar refractivity (Wildman–Crippen MR) is 133 cm³/mol. The Morgan fingerprint density at radius 2 is 1.33 bits per heavy atom. The standard InChI is InChI=1S/C8H9Cl2N3O2S.C4Cl3NOS.C4H10N2O.H2/c9-5-6(16-12-7(5)10)8(14)11-13-1-3-15-4-2-13;5-1-2(4(7)9)10-8-3(1)6;5-6-1-3-7-4-2-6;/h1-4H2,(H,11,14);;1-5H2;1H. The van der Waals surface area contributed by atoms with Crippen molar-refractivity contribution in [1.29, 1.82) is 0 Å². The van der Waals surface area contributed by atoms with E-state index in [0.29, 0.717) is 31.2 Å². The van der Waals surface area contributed by atoms with Crippen molar-refractivity contribution in [3.8, 4) is 0 Å². The number of nitrogens with zero attached hydrogens (tertiary/aromatic N) is 4. The SMILES string of the molecule is NN1CCOCC1.O=C(Cl)c1snc(Cl)c1Cl.O=C(NN1CCOCC1)c1snc(Cl)c1Cl.[HH]. The van der Waals surface area contributed by atoms with Gasteiger partial charge in [-0.15, -0.1) is 0 Å². The van der Waals surface area contributed by atoms with Gasteiger partial charge in [-0.1, -0.05) is 46.4 Å². The van der Waals surface area contributed by atoms with E-state index >= 15 is 0 Å². The average molecular weight is 603 g/mol. The molecular weight excluding hydrogens is 582 g/mol. The molecule has 186 valence electrons. The van der Waals surface area contributed by atoms with Gasteiger partial charge >= 0.3 is 0 Å². The fourth-order valence-corrected chi connectivity index (χ4v) is 4.63. The molecule has 4 heterocycles. The quantitative estimate of drug-likeness (QED) is 0.400. The molecule has 0 radical (unpaired) electrons. The normalized spacial score (nSPS) is 16.8. The molecule has 10 nitrogen and oxygen atoms in total. The lowest BCUT2D eigenvalue weighted by Gasteiger charge is -2.26. The van der Waals surface area contributed by atoms with Gasteiger partial charge in [0.25, 0.3) is 11.1 Å². The highest BCUT2D eigenvalue weighted by Gasteiger charge is 2.20. The molecule has 4 rings (SSSR count). The molecule has 2 saturated heterocycles. The van der Waals surface area contributed by atoms with Crippen molar-refractivity contribution in [1.82, 2.24) is 24.2 Å². The lowest BCUT2D eigenvalue weighted by atomic mass is 10.4. The van der Waals surface area contributed by atoms with Crippen LogP contribution in [0.5, 0.6) is 0 Å². The third-order valence-corrected chi connectivity index (χ3v) is 7.79. The molecule has 0 aromatic carbocycles. The van der Waals surface area contributed by atoms with Crippen molar-refractivity contribution in [2.45, 2.75) is 0 Å². The van der Waals surface area contributed by atoms with Crippen molar-refractivity contribution < 1.29 is 20.5 Å². The Labute approximate surface area is 224 Å². The zero-order valence-electron chi connectivity index (χ0n) is 16.9. The topological polar surface area (TPSA) is 123 Å². The maximum absolute atomic E-state index is 11.8. The number of amides is 1. The first-order chi connectivity index (χ1) is 15.7. The summed E-state index contributed by atoms with van der Waals surface area (Å²) < 4.78 is 17.6. The lowest BCUT2D eigenvalue weighted by Crippen LogP contribution is -2.48. The highest BCUT2D eigenvalue weighted by molar-refractivity contribution is 7.11. The number of hydrogen-bond acceptors (Lipinski definition) is 11. The summed E-state index contributed by atoms with van der Waals surface area (Å²) in [5.41, 5.74) is 2.73. The van der Waals surface area contributed by atoms with E-state index in [1.165, 1.54) is 0 Å². The van der Waals surface area contributed by atoms with E-state index in [1.54, 1.807) is 10.0 Å². The minimum absolute atomic E-state index is 0. The van der Waals surface area contributed by atoms with Crippen LogP contribution in [-0.4, -0.2) is 82.5 Å². The van der Waals surface area contributed by atoms with E-state index < -0.39 is 5.24 Å². The molecule has 2 fully saturated rings. The summed E-state index contributed by atoms with van der Waals surface area (Å²) in [6.45, 7) is 5.87. The van der Waals surface area contributed by atoms with Crippen molar-refractivity contribution >= 4 is 92.2 Å². The molecule has 0 unspecified atom stereocenters. The van der Waals surface area contributed by atoms with E-state index in [4.69, 9.17) is 73.3 Å². The Kier molecular flexibility index (Phi) is 13.1. The fraction of sp³-hybridized carbons (Fsp3) is 0.500. The van der Waals surface area contributed by atoms with Crippen molar-refractivity contribution in [3.05, 3.63) is 30.1 Å². The zero-order chi connectivity index (χ0) is 24.4. The van der Waals surface area contributed by atoms with E-state index in [1.807, 2.05) is 0 Å². The van der Waals surface area contributed by atoms with Gasteiger partial charge in [0.1, 0.15) is 19.8 Å². The monoisotopic (exact) mass is 600 g/mol. The van der Waals surface area contributed by atoms with Crippen molar-refractivity contribution in [2.24, 2.45) is 5.84 Å². The van der Waals surface area contributed by atoms with Crippen LogP contribution in [0.15, 0.2) is 0 Å². The Morgan fingerprint density at radius 3 is 1.67 bits per heavy atom. The van der Waals surface area contributed by atoms with Gasteiger partial charge in [0, 0.05) is 27.6 Å². The summed E-state index contributed by atoms with van der Waals surface area (Å²) in [4.78, 5) is 22.8. The van der Waals surface area contributed by atoms with Crippen LogP contribution in [0.1, 0.15) is 20.8 Å². The molecule has 2 aliphatic heterocycles. The smallest absolute Gasteiger partial charge is 0.278 e. The Balaban J connectivity index is 0.000000275. The third-order valence-electron chi connectivity index (χ3n) is 3.90. The van der Waals surface area contributed by atoms with Crippen LogP contribution < -0.4 is 11.3 Å². The Morgan fingerprint density at radius 1 is 0.879 bits per heavy atom. The van der Waals surface area contributed by atoms with Crippen LogP contribution >= 0.6 is 81.1 Å². The molecule has 1 amide bonds. The first-order valence-corrected chi connectivity index (χ1v) is 12.7. The molecule has 0 bridgehead atoms. The van der Waals surface area contributed by atoms with Crippen molar-refractivity contribution in [3.63, 3.8) is 0 Å². The van der Waals surface area contributed by atoms with E-state index in [2.05, 4.69) is 14.2 Å². The number of hydrogen-bond donors (Lipinski definition) is 2. The highest BCUT2D eigenvalue weighted by Crippen LogP contribution is 2.29. The highest BCUT2D eigenvalue weighted by atomic mass is 35.5. The second-order valence-corrected chi connectivity index (χ2v) is 9.56. The fourth-order valence-electron chi connectivity index (χ4n) is 2.23. The number of carbonyl (C=O) groups is 2. The summed E-state index contributed by atoms with van der Waals surface area (Å²) in [6.07, 6.45) is 0. The van der Waals surface area contributed by atoms with Gasteiger partial charge in [-0.3, -0.25) is 20.9 Å². The van der Waals surface area contributed by atoms with E-state index in [-0.39, 0.29) is 32.6 Å². The molecule has 33 heavy (non-hydrogen) atoms. The van der Waals surface area contributed by atoms with Crippen LogP contribution in [-0.2, 0) is 9.47 Å². The first kappa shape index (κ1) is 28.9. The molecule has 2 aromatic heterocycles. The van der Waals surface area contributed by atoms with Crippen LogP contribution in [0.25, 0.3) is 0 Å². The van der Waals surface area contributed by atoms with Crippen LogP contribution in [0.4, 0.5) is 0 Å². The third kappa shape index (κ3) is 9.67. The zero-order valence-corrected chi connectivity index (χ0v) is 22.3. The molecule has 0 atom stereocenters. The van der Waals surface area contributed by atoms with Crippen LogP contribution in [0.3, 0.4) is 0 Å². The number of rotatable bonds is 3. The molecule has 17 heteroatoms. The number of carbonyl (C=O) groups excluding carboxylic acids is 2. The van der Waals surface area contributed by atoms with E-state index in [9.17, 15) is 9.59 Å². The van der Waals surface area contributed by atoms with Gasteiger partial charge in [-0.2, -0.15) is 8.75 Å². The number of hydrazine groups is 2. The molecule has 3 N–H and O–H groups in total. The largest absolute Gasteiger partial charge is 0.379 e. The second-order valence-electron chi connectivity index (χ2n) is 6.20. The summed E-state index contributed by atoms with van der Waals surface area (Å²) in [5, 5.41) is 3.55. The minimum atomic E-state index is -0.630. The lowest BCUT2D eigenvalue weighted by molar-refractivity contribution is 0.0127. The molecule has 0 aliphatic carbocycles. The van der Waals surface area contributed by atoms with Gasteiger partial charge < -0.3 is 9.47 Å². The van der Waals surface area contributed by atoms with Crippen LogP contribution in [0.2, 0.25) is 20.4 Å². The number of aromatic nitrogens is 2. The average Bonchev–Trinajstić information content (AvgIpc) is 3.31. The molecule has 2 aromatic rings. The molecule has 0 saturated carbocycles. The number of ether oxygens (including phenoxy) is 2. The molecule has 0 spiro atoms. The Hall–Kier alpha value is -0.350. The maximum atomic E-state index is 11.8. The predicted octanol–water partition coefficient (Wildman–Crippen LogP) is 3.69. The van der Waals surface area contributed by atoms with Crippen LogP contribution in [0, 0.1) is 0 Å². The van der Waals surface area contributed by atoms with Gasteiger partial charge in [-0.05, 0) is 34.7 Å². The number of nitrogens with one attached hydrogen (secondary N) is 1. The second kappa shape index (κ2) is 14.9. The minimum Gasteiger partial charge on any atom is -0.379 e. The maximum Gasteiger partial charge on any atom is 0.278 e. The van der Waals surface area contributed by atoms with Crippen molar-refractivity contribution in [2.75, 3.05) is 52.6 Å². The number of halogens is 5. The summed E-state index contributed by atoms with van der Waals surface area (Å²) in [7, 11) is 0. The van der Waals surface area contributed by atoms with Gasteiger partial charge in [0.15, 0.2) is 10.3 Å². The summed E-state index contributed by atoms with van der Waals surface area (Å²) in [6, 6.07) is 0.